The van der Waals surface area contributed by atoms with Gasteiger partial charge >= 0.3 is 5.76 Å². The minimum atomic E-state index is -0.649. The van der Waals surface area contributed by atoms with Gasteiger partial charge in [-0.05, 0) is 35.1 Å². The normalized spacial score (nSPS) is 11.0. The molecule has 1 N–H and O–H groups in total. The molecule has 7 heteroatoms. The van der Waals surface area contributed by atoms with Crippen LogP contribution in [0.1, 0.15) is 25.3 Å². The highest BCUT2D eigenvalue weighted by Crippen LogP contribution is 2.21. The smallest absolute Gasteiger partial charge is 0.387 e. The van der Waals surface area contributed by atoms with Crippen molar-refractivity contribution in [2.75, 3.05) is 5.32 Å². The van der Waals surface area contributed by atoms with Gasteiger partial charge in [0.1, 0.15) is 6.54 Å². The molecule has 2 aromatic heterocycles. The lowest BCUT2D eigenvalue weighted by Crippen LogP contribution is -2.25. The number of aromatic nitrogens is 2. The molecule has 1 amide bonds. The lowest BCUT2D eigenvalue weighted by Gasteiger charge is -2.09. The molecule has 0 aliphatic carbocycles. The van der Waals surface area contributed by atoms with Gasteiger partial charge in [-0.25, -0.2) is 4.79 Å². The molecule has 0 spiro atoms. The van der Waals surface area contributed by atoms with Crippen molar-refractivity contribution < 1.29 is 9.21 Å². The molecule has 3 aromatic rings. The molecule has 124 valence electrons. The summed E-state index contributed by atoms with van der Waals surface area (Å²) in [4.78, 5) is 24.7. The van der Waals surface area contributed by atoms with Crippen LogP contribution in [0.15, 0.2) is 51.0 Å². The number of anilines is 1. The molecule has 0 unspecified atom stereocenters. The zero-order valence-corrected chi connectivity index (χ0v) is 14.2. The second-order valence-corrected chi connectivity index (χ2v) is 6.58. The van der Waals surface area contributed by atoms with Gasteiger partial charge in [-0.1, -0.05) is 32.0 Å². The predicted octanol–water partition coefficient (Wildman–Crippen LogP) is 3.33. The molecule has 0 radical (unpaired) electrons. The third kappa shape index (κ3) is 3.62. The number of benzene rings is 1. The van der Waals surface area contributed by atoms with E-state index in [1.807, 2.05) is 35.7 Å². The van der Waals surface area contributed by atoms with E-state index in [0.29, 0.717) is 11.6 Å². The van der Waals surface area contributed by atoms with Crippen molar-refractivity contribution in [3.63, 3.8) is 0 Å². The maximum absolute atomic E-state index is 12.2. The van der Waals surface area contributed by atoms with Crippen LogP contribution in [0.5, 0.6) is 0 Å². The molecule has 3 rings (SSSR count). The highest BCUT2D eigenvalue weighted by molar-refractivity contribution is 7.13. The maximum Gasteiger partial charge on any atom is 0.437 e. The Balaban J connectivity index is 1.71. The average Bonchev–Trinajstić information content (AvgIpc) is 3.18. The van der Waals surface area contributed by atoms with E-state index >= 15 is 0 Å². The lowest BCUT2D eigenvalue weighted by molar-refractivity contribution is -0.117. The molecular formula is C17H17N3O3S. The van der Waals surface area contributed by atoms with Crippen LogP contribution in [-0.2, 0) is 11.3 Å². The molecule has 0 saturated carbocycles. The second kappa shape index (κ2) is 6.84. The fourth-order valence-corrected chi connectivity index (χ4v) is 2.86. The summed E-state index contributed by atoms with van der Waals surface area (Å²) in [5.74, 6) is -0.383. The Kier molecular flexibility index (Phi) is 4.61. The highest BCUT2D eigenvalue weighted by Gasteiger charge is 2.14. The second-order valence-electron chi connectivity index (χ2n) is 5.64. The van der Waals surface area contributed by atoms with Gasteiger partial charge in [-0.15, -0.1) is 16.4 Å². The number of nitrogens with one attached hydrogen (secondary N) is 1. The first-order valence-electron chi connectivity index (χ1n) is 7.54. The van der Waals surface area contributed by atoms with Crippen LogP contribution in [0.3, 0.4) is 0 Å². The van der Waals surface area contributed by atoms with E-state index in [-0.39, 0.29) is 18.3 Å². The summed E-state index contributed by atoms with van der Waals surface area (Å²) >= 11 is 1.41. The third-order valence-electron chi connectivity index (χ3n) is 3.47. The molecule has 1 aromatic carbocycles. The van der Waals surface area contributed by atoms with E-state index in [1.165, 1.54) is 11.3 Å². The number of rotatable bonds is 5. The first kappa shape index (κ1) is 16.2. The molecule has 0 bridgehead atoms. The zero-order chi connectivity index (χ0) is 17.1. The summed E-state index contributed by atoms with van der Waals surface area (Å²) in [5, 5.41) is 8.71. The van der Waals surface area contributed by atoms with E-state index in [2.05, 4.69) is 24.3 Å². The van der Waals surface area contributed by atoms with Crippen molar-refractivity contribution in [3.05, 3.63) is 57.9 Å². The van der Waals surface area contributed by atoms with Crippen LogP contribution in [0, 0.1) is 0 Å². The summed E-state index contributed by atoms with van der Waals surface area (Å²) in [6, 6.07) is 11.3. The lowest BCUT2D eigenvalue weighted by atomic mass is 10.0. The van der Waals surface area contributed by atoms with Crippen molar-refractivity contribution in [3.8, 4) is 10.8 Å². The summed E-state index contributed by atoms with van der Waals surface area (Å²) < 4.78 is 6.11. The van der Waals surface area contributed by atoms with Crippen LogP contribution in [0.2, 0.25) is 0 Å². The van der Waals surface area contributed by atoms with Gasteiger partial charge in [0, 0.05) is 5.69 Å². The topological polar surface area (TPSA) is 77.1 Å². The van der Waals surface area contributed by atoms with Gasteiger partial charge in [-0.3, -0.25) is 4.79 Å². The maximum atomic E-state index is 12.2. The van der Waals surface area contributed by atoms with E-state index in [4.69, 9.17) is 4.42 Å². The molecule has 0 saturated heterocycles. The van der Waals surface area contributed by atoms with Crippen molar-refractivity contribution >= 4 is 22.9 Å². The molecule has 2 heterocycles. The number of amides is 1. The minimum Gasteiger partial charge on any atom is -0.387 e. The van der Waals surface area contributed by atoms with E-state index in [1.54, 1.807) is 6.07 Å². The predicted molar refractivity (Wildman–Crippen MR) is 93.2 cm³/mol. The van der Waals surface area contributed by atoms with Crippen LogP contribution >= 0.6 is 11.3 Å². The largest absolute Gasteiger partial charge is 0.437 e. The fraction of sp³-hybridized carbons (Fsp3) is 0.235. The first-order chi connectivity index (χ1) is 11.5. The highest BCUT2D eigenvalue weighted by atomic mass is 32.1. The van der Waals surface area contributed by atoms with E-state index in [0.717, 1.165) is 15.1 Å². The van der Waals surface area contributed by atoms with Crippen LogP contribution in [0.25, 0.3) is 10.8 Å². The van der Waals surface area contributed by atoms with E-state index < -0.39 is 5.76 Å². The van der Waals surface area contributed by atoms with Gasteiger partial charge in [0.25, 0.3) is 5.89 Å². The zero-order valence-electron chi connectivity index (χ0n) is 13.4. The van der Waals surface area contributed by atoms with E-state index in [9.17, 15) is 9.59 Å². The minimum absolute atomic E-state index is 0.195. The van der Waals surface area contributed by atoms with Crippen molar-refractivity contribution in [1.82, 2.24) is 9.78 Å². The Bertz CT molecular complexity index is 894. The van der Waals surface area contributed by atoms with Gasteiger partial charge in [0.05, 0.1) is 4.88 Å². The summed E-state index contributed by atoms with van der Waals surface area (Å²) in [7, 11) is 0. The number of hydrogen-bond donors (Lipinski definition) is 1. The van der Waals surface area contributed by atoms with Gasteiger partial charge < -0.3 is 9.73 Å². The van der Waals surface area contributed by atoms with Crippen molar-refractivity contribution in [1.29, 1.82) is 0 Å². The number of nitrogens with zero attached hydrogens (tertiary/aromatic N) is 2. The molecular weight excluding hydrogens is 326 g/mol. The number of carbonyl (C=O) groups is 1. The van der Waals surface area contributed by atoms with Crippen molar-refractivity contribution in [2.24, 2.45) is 0 Å². The van der Waals surface area contributed by atoms with Crippen LogP contribution in [0.4, 0.5) is 5.69 Å². The summed E-state index contributed by atoms with van der Waals surface area (Å²) in [6.45, 7) is 3.98. The quantitative estimate of drug-likeness (QED) is 0.771. The van der Waals surface area contributed by atoms with Gasteiger partial charge in [0.2, 0.25) is 5.91 Å². The number of hydrogen-bond acceptors (Lipinski definition) is 5. The summed E-state index contributed by atoms with van der Waals surface area (Å²) in [5.41, 5.74) is 1.83. The Morgan fingerprint density at radius 3 is 2.88 bits per heavy atom. The average molecular weight is 343 g/mol. The molecule has 0 fully saturated rings. The van der Waals surface area contributed by atoms with Crippen molar-refractivity contribution in [2.45, 2.75) is 26.3 Å². The molecule has 6 nitrogen and oxygen atoms in total. The van der Waals surface area contributed by atoms with Crippen LogP contribution in [-0.4, -0.2) is 15.7 Å². The van der Waals surface area contributed by atoms with Gasteiger partial charge in [-0.2, -0.15) is 4.68 Å². The third-order valence-corrected chi connectivity index (χ3v) is 4.33. The molecule has 24 heavy (non-hydrogen) atoms. The molecule has 0 aliphatic heterocycles. The van der Waals surface area contributed by atoms with Crippen LogP contribution < -0.4 is 11.1 Å². The number of thiophene rings is 1. The number of carbonyl (C=O) groups excluding carboxylic acids is 1. The van der Waals surface area contributed by atoms with Gasteiger partial charge in [0.15, 0.2) is 0 Å². The Hall–Kier alpha value is -2.67. The molecule has 0 aliphatic rings. The fourth-order valence-electron chi connectivity index (χ4n) is 2.22. The SMILES string of the molecule is CC(C)c1cccc(NC(=O)Cn2nc(-c3cccs3)oc2=O)c1. The standard InChI is InChI=1S/C17H17N3O3S/c1-11(2)12-5-3-6-13(9-12)18-15(21)10-20-17(22)23-16(19-20)14-7-4-8-24-14/h3-9,11H,10H2,1-2H3,(H,18,21). The monoisotopic (exact) mass is 343 g/mol. The first-order valence-corrected chi connectivity index (χ1v) is 8.42. The Morgan fingerprint density at radius 2 is 2.17 bits per heavy atom. The summed E-state index contributed by atoms with van der Waals surface area (Å²) in [6.07, 6.45) is 0. The Morgan fingerprint density at radius 1 is 1.33 bits per heavy atom. The Labute approximate surface area is 142 Å². The molecule has 0 atom stereocenters.